The first-order chi connectivity index (χ1) is 9.75. The van der Waals surface area contributed by atoms with Gasteiger partial charge in [-0.15, -0.1) is 0 Å². The Balaban J connectivity index is 1.76. The van der Waals surface area contributed by atoms with Crippen molar-refractivity contribution in [2.24, 2.45) is 0 Å². The number of benzene rings is 1. The molecule has 108 valence electrons. The average molecular weight is 313 g/mol. The van der Waals surface area contributed by atoms with Crippen molar-refractivity contribution in [2.75, 3.05) is 24.6 Å². The Labute approximate surface area is 127 Å². The molecule has 0 bridgehead atoms. The van der Waals surface area contributed by atoms with Gasteiger partial charge >= 0.3 is 0 Å². The zero-order chi connectivity index (χ0) is 13.9. The first-order valence-corrected chi connectivity index (χ1v) is 8.17. The van der Waals surface area contributed by atoms with Crippen LogP contribution >= 0.6 is 23.4 Å². The van der Waals surface area contributed by atoms with Gasteiger partial charge in [0.05, 0.1) is 6.04 Å². The van der Waals surface area contributed by atoms with Crippen LogP contribution in [0.5, 0.6) is 0 Å². The van der Waals surface area contributed by atoms with Gasteiger partial charge in [0.1, 0.15) is 6.04 Å². The van der Waals surface area contributed by atoms with Crippen LogP contribution < -0.4 is 16.4 Å². The number of hydrazine groups is 2. The highest BCUT2D eigenvalue weighted by molar-refractivity contribution is 7.99. The van der Waals surface area contributed by atoms with Gasteiger partial charge < -0.3 is 4.90 Å². The second kappa shape index (κ2) is 6.32. The summed E-state index contributed by atoms with van der Waals surface area (Å²) < 4.78 is 0. The summed E-state index contributed by atoms with van der Waals surface area (Å²) >= 11 is 7.93. The van der Waals surface area contributed by atoms with Gasteiger partial charge in [0.2, 0.25) is 5.91 Å². The molecule has 0 radical (unpaired) electrons. The maximum Gasteiger partial charge on any atom is 0.243 e. The zero-order valence-corrected chi connectivity index (χ0v) is 12.5. The zero-order valence-electron chi connectivity index (χ0n) is 10.9. The molecule has 0 aromatic heterocycles. The smallest absolute Gasteiger partial charge is 0.243 e. The summed E-state index contributed by atoms with van der Waals surface area (Å²) in [6.45, 7) is 1.65. The standard InChI is InChI=1S/C13H17ClN4OS/c14-10-3-1-2-9(8-10)11-12(16-17-15-11)13(19)18-4-6-20-7-5-18/h1-3,8,11-12,15-17H,4-7H2. The lowest BCUT2D eigenvalue weighted by molar-refractivity contribution is -0.133. The molecule has 0 aliphatic carbocycles. The van der Waals surface area contributed by atoms with Gasteiger partial charge in [0.15, 0.2) is 0 Å². The predicted molar refractivity (Wildman–Crippen MR) is 81.3 cm³/mol. The fourth-order valence-electron chi connectivity index (χ4n) is 2.52. The third-order valence-corrected chi connectivity index (χ3v) is 4.76. The number of hydrogen-bond acceptors (Lipinski definition) is 5. The molecule has 0 spiro atoms. The van der Waals surface area contributed by atoms with Crippen LogP contribution in [0, 0.1) is 0 Å². The minimum Gasteiger partial charge on any atom is -0.340 e. The fourth-order valence-corrected chi connectivity index (χ4v) is 3.63. The van der Waals surface area contributed by atoms with Crippen LogP contribution in [0.4, 0.5) is 0 Å². The lowest BCUT2D eigenvalue weighted by Crippen LogP contribution is -2.49. The Hall–Kier alpha value is -0.790. The van der Waals surface area contributed by atoms with E-state index in [1.165, 1.54) is 0 Å². The number of carbonyl (C=O) groups is 1. The lowest BCUT2D eigenvalue weighted by Gasteiger charge is -2.30. The molecular weight excluding hydrogens is 296 g/mol. The Morgan fingerprint density at radius 2 is 2.10 bits per heavy atom. The second-order valence-electron chi connectivity index (χ2n) is 4.86. The summed E-state index contributed by atoms with van der Waals surface area (Å²) in [5.74, 6) is 2.16. The van der Waals surface area contributed by atoms with Gasteiger partial charge in [0, 0.05) is 29.6 Å². The molecule has 7 heteroatoms. The van der Waals surface area contributed by atoms with Gasteiger partial charge in [-0.05, 0) is 17.7 Å². The molecule has 2 aliphatic rings. The monoisotopic (exact) mass is 312 g/mol. The van der Waals surface area contributed by atoms with Crippen molar-refractivity contribution in [3.63, 3.8) is 0 Å². The Kier molecular flexibility index (Phi) is 4.48. The third kappa shape index (κ3) is 2.94. The van der Waals surface area contributed by atoms with E-state index >= 15 is 0 Å². The van der Waals surface area contributed by atoms with Crippen molar-refractivity contribution in [1.29, 1.82) is 0 Å². The number of carbonyl (C=O) groups excluding carboxylic acids is 1. The summed E-state index contributed by atoms with van der Waals surface area (Å²) in [6.07, 6.45) is 0. The number of thioether (sulfide) groups is 1. The number of halogens is 1. The number of rotatable bonds is 2. The lowest BCUT2D eigenvalue weighted by atomic mass is 10.00. The van der Waals surface area contributed by atoms with E-state index < -0.39 is 0 Å². The van der Waals surface area contributed by atoms with Crippen molar-refractivity contribution >= 4 is 29.3 Å². The maximum atomic E-state index is 12.6. The molecule has 3 rings (SSSR count). The summed E-state index contributed by atoms with van der Waals surface area (Å²) in [7, 11) is 0. The van der Waals surface area contributed by atoms with E-state index in [2.05, 4.69) is 16.4 Å². The van der Waals surface area contributed by atoms with Gasteiger partial charge in [-0.25, -0.2) is 10.9 Å². The van der Waals surface area contributed by atoms with E-state index in [4.69, 9.17) is 11.6 Å². The average Bonchev–Trinajstić information content (AvgIpc) is 2.97. The number of nitrogens with one attached hydrogen (secondary N) is 3. The van der Waals surface area contributed by atoms with Crippen molar-refractivity contribution in [3.8, 4) is 0 Å². The third-order valence-electron chi connectivity index (χ3n) is 3.59. The van der Waals surface area contributed by atoms with Crippen molar-refractivity contribution in [1.82, 2.24) is 21.3 Å². The summed E-state index contributed by atoms with van der Waals surface area (Å²) in [5, 5.41) is 0.678. The topological polar surface area (TPSA) is 56.4 Å². The highest BCUT2D eigenvalue weighted by atomic mass is 35.5. The molecule has 20 heavy (non-hydrogen) atoms. The highest BCUT2D eigenvalue weighted by Crippen LogP contribution is 2.24. The molecule has 1 aromatic rings. The molecule has 3 N–H and O–H groups in total. The molecule has 2 unspecified atom stereocenters. The highest BCUT2D eigenvalue weighted by Gasteiger charge is 2.36. The largest absolute Gasteiger partial charge is 0.340 e. The van der Waals surface area contributed by atoms with E-state index in [1.54, 1.807) is 0 Å². The number of nitrogens with zero attached hydrogens (tertiary/aromatic N) is 1. The van der Waals surface area contributed by atoms with Crippen LogP contribution in [0.2, 0.25) is 5.02 Å². The van der Waals surface area contributed by atoms with Crippen molar-refractivity contribution in [3.05, 3.63) is 34.9 Å². The molecule has 0 saturated carbocycles. The second-order valence-corrected chi connectivity index (χ2v) is 6.52. The predicted octanol–water partition coefficient (Wildman–Crippen LogP) is 0.938. The molecule has 2 heterocycles. The summed E-state index contributed by atoms with van der Waals surface area (Å²) in [5.41, 5.74) is 9.98. The van der Waals surface area contributed by atoms with Gasteiger partial charge in [-0.2, -0.15) is 17.3 Å². The van der Waals surface area contributed by atoms with Crippen LogP contribution in [0.1, 0.15) is 11.6 Å². The quantitative estimate of drug-likeness (QED) is 0.759. The first-order valence-electron chi connectivity index (χ1n) is 6.64. The normalized spacial score (nSPS) is 26.8. The number of hydrogen-bond donors (Lipinski definition) is 3. The molecule has 2 fully saturated rings. The van der Waals surface area contributed by atoms with E-state index in [0.29, 0.717) is 5.02 Å². The van der Waals surface area contributed by atoms with Crippen LogP contribution in [0.3, 0.4) is 0 Å². The number of amides is 1. The molecule has 2 saturated heterocycles. The SMILES string of the molecule is O=C(C1NNNC1c1cccc(Cl)c1)N1CCSCC1. The van der Waals surface area contributed by atoms with E-state index in [9.17, 15) is 4.79 Å². The van der Waals surface area contributed by atoms with Crippen LogP contribution in [-0.2, 0) is 4.79 Å². The maximum absolute atomic E-state index is 12.6. The first kappa shape index (κ1) is 14.2. The van der Waals surface area contributed by atoms with Crippen LogP contribution in [0.25, 0.3) is 0 Å². The molecular formula is C13H17ClN4OS. The molecule has 2 aliphatic heterocycles. The minimum atomic E-state index is -0.309. The Bertz CT molecular complexity index is 495. The van der Waals surface area contributed by atoms with Crippen molar-refractivity contribution in [2.45, 2.75) is 12.1 Å². The summed E-state index contributed by atoms with van der Waals surface area (Å²) in [6, 6.07) is 7.17. The van der Waals surface area contributed by atoms with Crippen LogP contribution in [0.15, 0.2) is 24.3 Å². The van der Waals surface area contributed by atoms with Gasteiger partial charge in [0.25, 0.3) is 0 Å². The van der Waals surface area contributed by atoms with Crippen LogP contribution in [-0.4, -0.2) is 41.4 Å². The summed E-state index contributed by atoms with van der Waals surface area (Å²) in [4.78, 5) is 14.5. The minimum absolute atomic E-state index is 0.115. The van der Waals surface area contributed by atoms with Crippen molar-refractivity contribution < 1.29 is 4.79 Å². The van der Waals surface area contributed by atoms with E-state index in [1.807, 2.05) is 40.9 Å². The van der Waals surface area contributed by atoms with Gasteiger partial charge in [-0.1, -0.05) is 23.7 Å². The van der Waals surface area contributed by atoms with E-state index in [-0.39, 0.29) is 18.0 Å². The fraction of sp³-hybridized carbons (Fsp3) is 0.462. The molecule has 5 nitrogen and oxygen atoms in total. The van der Waals surface area contributed by atoms with E-state index in [0.717, 1.165) is 30.2 Å². The van der Waals surface area contributed by atoms with Gasteiger partial charge in [-0.3, -0.25) is 4.79 Å². The Morgan fingerprint density at radius 3 is 2.85 bits per heavy atom. The Morgan fingerprint density at radius 1 is 1.30 bits per heavy atom. The molecule has 2 atom stereocenters. The molecule has 1 amide bonds. The molecule has 1 aromatic carbocycles.